The first-order valence-electron chi connectivity index (χ1n) is 5.36. The second-order valence-electron chi connectivity index (χ2n) is 4.13. The molecule has 0 fully saturated rings. The molecule has 0 spiro atoms. The average molecular weight is 210 g/mol. The Labute approximate surface area is 89.2 Å². The van der Waals surface area contributed by atoms with Crippen LogP contribution < -0.4 is 11.2 Å². The number of nitrogens with zero attached hydrogens (tertiary/aromatic N) is 2. The Balaban J connectivity index is 3.18. The molecule has 0 atom stereocenters. The summed E-state index contributed by atoms with van der Waals surface area (Å²) in [6.45, 7) is 7.13. The molecular weight excluding hydrogens is 192 g/mol. The first-order valence-corrected chi connectivity index (χ1v) is 5.36. The molecule has 84 valence electrons. The molecule has 0 bridgehead atoms. The predicted octanol–water partition coefficient (Wildman–Crippen LogP) is 1.08. The lowest BCUT2D eigenvalue weighted by Gasteiger charge is -2.10. The molecule has 0 saturated carbocycles. The minimum absolute atomic E-state index is 0.196. The highest BCUT2D eigenvalue weighted by molar-refractivity contribution is 4.86. The van der Waals surface area contributed by atoms with E-state index in [-0.39, 0.29) is 11.2 Å². The van der Waals surface area contributed by atoms with Gasteiger partial charge in [0.2, 0.25) is 0 Å². The van der Waals surface area contributed by atoms with Crippen molar-refractivity contribution in [3.05, 3.63) is 33.1 Å². The van der Waals surface area contributed by atoms with Crippen LogP contribution in [0.2, 0.25) is 0 Å². The lowest BCUT2D eigenvalue weighted by molar-refractivity contribution is 0.467. The average Bonchev–Trinajstić information content (AvgIpc) is 2.17. The third-order valence-corrected chi connectivity index (χ3v) is 2.15. The SMILES string of the molecule is CCCn1ccc(=O)n(CC(C)C)c1=O. The van der Waals surface area contributed by atoms with Crippen LogP contribution in [0.5, 0.6) is 0 Å². The van der Waals surface area contributed by atoms with Gasteiger partial charge >= 0.3 is 5.69 Å². The number of hydrogen-bond acceptors (Lipinski definition) is 2. The molecule has 0 aliphatic carbocycles. The van der Waals surface area contributed by atoms with Gasteiger partial charge in [-0.05, 0) is 12.3 Å². The highest BCUT2D eigenvalue weighted by Crippen LogP contribution is 1.93. The van der Waals surface area contributed by atoms with Gasteiger partial charge in [-0.2, -0.15) is 0 Å². The van der Waals surface area contributed by atoms with Gasteiger partial charge in [0.05, 0.1) is 0 Å². The molecule has 4 heteroatoms. The van der Waals surface area contributed by atoms with Crippen molar-refractivity contribution in [2.45, 2.75) is 40.3 Å². The molecule has 1 aromatic rings. The van der Waals surface area contributed by atoms with Crippen LogP contribution >= 0.6 is 0 Å². The van der Waals surface area contributed by atoms with Crippen molar-refractivity contribution in [3.63, 3.8) is 0 Å². The molecule has 0 aliphatic heterocycles. The van der Waals surface area contributed by atoms with Crippen molar-refractivity contribution in [3.8, 4) is 0 Å². The maximum Gasteiger partial charge on any atom is 0.330 e. The fourth-order valence-corrected chi connectivity index (χ4v) is 1.50. The zero-order chi connectivity index (χ0) is 11.4. The van der Waals surface area contributed by atoms with E-state index in [0.717, 1.165) is 6.42 Å². The van der Waals surface area contributed by atoms with E-state index >= 15 is 0 Å². The highest BCUT2D eigenvalue weighted by atomic mass is 16.2. The highest BCUT2D eigenvalue weighted by Gasteiger charge is 2.05. The molecule has 1 aromatic heterocycles. The third-order valence-electron chi connectivity index (χ3n) is 2.15. The summed E-state index contributed by atoms with van der Waals surface area (Å²) in [5, 5.41) is 0. The molecular formula is C11H18N2O2. The van der Waals surface area contributed by atoms with E-state index in [2.05, 4.69) is 0 Å². The zero-order valence-electron chi connectivity index (χ0n) is 9.56. The largest absolute Gasteiger partial charge is 0.330 e. The molecule has 0 unspecified atom stereocenters. The lowest BCUT2D eigenvalue weighted by atomic mass is 10.2. The van der Waals surface area contributed by atoms with E-state index in [1.54, 1.807) is 10.8 Å². The van der Waals surface area contributed by atoms with Crippen molar-refractivity contribution in [1.82, 2.24) is 9.13 Å². The smallest absolute Gasteiger partial charge is 0.300 e. The summed E-state index contributed by atoms with van der Waals surface area (Å²) in [7, 11) is 0. The summed E-state index contributed by atoms with van der Waals surface area (Å²) >= 11 is 0. The van der Waals surface area contributed by atoms with Gasteiger partial charge in [0.15, 0.2) is 0 Å². The van der Waals surface area contributed by atoms with Crippen LogP contribution in [0.15, 0.2) is 21.9 Å². The molecule has 1 heterocycles. The Hall–Kier alpha value is -1.32. The van der Waals surface area contributed by atoms with Gasteiger partial charge in [-0.1, -0.05) is 20.8 Å². The maximum atomic E-state index is 11.8. The standard InChI is InChI=1S/C11H18N2O2/c1-4-6-12-7-5-10(14)13(11(12)15)8-9(2)3/h5,7,9H,4,6,8H2,1-3H3. The van der Waals surface area contributed by atoms with E-state index in [9.17, 15) is 9.59 Å². The topological polar surface area (TPSA) is 44.0 Å². The zero-order valence-corrected chi connectivity index (χ0v) is 9.56. The van der Waals surface area contributed by atoms with Crippen LogP contribution in [0.3, 0.4) is 0 Å². The Kier molecular flexibility index (Phi) is 3.88. The van der Waals surface area contributed by atoms with Crippen molar-refractivity contribution in [2.24, 2.45) is 5.92 Å². The fourth-order valence-electron chi connectivity index (χ4n) is 1.50. The van der Waals surface area contributed by atoms with E-state index in [0.29, 0.717) is 19.0 Å². The minimum Gasteiger partial charge on any atom is -0.300 e. The van der Waals surface area contributed by atoms with Gasteiger partial charge in [-0.3, -0.25) is 9.36 Å². The van der Waals surface area contributed by atoms with E-state index in [1.165, 1.54) is 10.6 Å². The van der Waals surface area contributed by atoms with Crippen LogP contribution in [-0.2, 0) is 13.1 Å². The molecule has 1 rings (SSSR count). The number of rotatable bonds is 4. The number of aromatic nitrogens is 2. The van der Waals surface area contributed by atoms with E-state index in [1.807, 2.05) is 20.8 Å². The van der Waals surface area contributed by atoms with Gasteiger partial charge in [0.25, 0.3) is 5.56 Å². The van der Waals surface area contributed by atoms with Crippen molar-refractivity contribution < 1.29 is 0 Å². The molecule has 0 N–H and O–H groups in total. The maximum absolute atomic E-state index is 11.8. The van der Waals surface area contributed by atoms with Crippen molar-refractivity contribution in [2.75, 3.05) is 0 Å². The second kappa shape index (κ2) is 4.96. The second-order valence-corrected chi connectivity index (χ2v) is 4.13. The minimum atomic E-state index is -0.207. The summed E-state index contributed by atoms with van der Waals surface area (Å²) in [4.78, 5) is 23.3. The van der Waals surface area contributed by atoms with Crippen LogP contribution in [0.1, 0.15) is 27.2 Å². The summed E-state index contributed by atoms with van der Waals surface area (Å²) in [6, 6.07) is 1.46. The first kappa shape index (κ1) is 11.8. The summed E-state index contributed by atoms with van der Waals surface area (Å²) in [5.41, 5.74) is -0.404. The summed E-state index contributed by atoms with van der Waals surface area (Å²) in [5.74, 6) is 0.299. The van der Waals surface area contributed by atoms with Crippen LogP contribution in [0.4, 0.5) is 0 Å². The third kappa shape index (κ3) is 2.81. The van der Waals surface area contributed by atoms with Gasteiger partial charge in [-0.15, -0.1) is 0 Å². The summed E-state index contributed by atoms with van der Waals surface area (Å²) in [6.07, 6.45) is 2.46. The van der Waals surface area contributed by atoms with Gasteiger partial charge < -0.3 is 4.57 Å². The van der Waals surface area contributed by atoms with Crippen molar-refractivity contribution in [1.29, 1.82) is 0 Å². The number of aryl methyl sites for hydroxylation is 1. The van der Waals surface area contributed by atoms with E-state index in [4.69, 9.17) is 0 Å². The molecule has 0 aromatic carbocycles. The molecule has 4 nitrogen and oxygen atoms in total. The Morgan fingerprint density at radius 2 is 2.00 bits per heavy atom. The molecule has 0 radical (unpaired) electrons. The molecule has 0 saturated heterocycles. The van der Waals surface area contributed by atoms with Gasteiger partial charge in [0, 0.05) is 25.4 Å². The predicted molar refractivity (Wildman–Crippen MR) is 60.1 cm³/mol. The van der Waals surface area contributed by atoms with Gasteiger partial charge in [0.1, 0.15) is 0 Å². The first-order chi connectivity index (χ1) is 7.06. The molecule has 15 heavy (non-hydrogen) atoms. The molecule has 0 amide bonds. The lowest BCUT2D eigenvalue weighted by Crippen LogP contribution is -2.39. The molecule has 0 aliphatic rings. The van der Waals surface area contributed by atoms with E-state index < -0.39 is 0 Å². The Morgan fingerprint density at radius 3 is 2.53 bits per heavy atom. The Bertz CT molecular complexity index is 429. The normalized spacial score (nSPS) is 10.9. The monoisotopic (exact) mass is 210 g/mol. The Morgan fingerprint density at radius 1 is 1.33 bits per heavy atom. The number of hydrogen-bond donors (Lipinski definition) is 0. The van der Waals surface area contributed by atoms with Crippen LogP contribution in [0.25, 0.3) is 0 Å². The van der Waals surface area contributed by atoms with Crippen molar-refractivity contribution >= 4 is 0 Å². The van der Waals surface area contributed by atoms with Gasteiger partial charge in [-0.25, -0.2) is 4.79 Å². The summed E-state index contributed by atoms with van der Waals surface area (Å²) < 4.78 is 2.89. The fraction of sp³-hybridized carbons (Fsp3) is 0.636. The quantitative estimate of drug-likeness (QED) is 0.746. The van der Waals surface area contributed by atoms with Crippen LogP contribution in [0, 0.1) is 5.92 Å². The van der Waals surface area contributed by atoms with Crippen LogP contribution in [-0.4, -0.2) is 9.13 Å².